The van der Waals surface area contributed by atoms with E-state index in [1.807, 2.05) is 0 Å². The number of anilines is 2. The smallest absolute Gasteiger partial charge is 0.271 e. The van der Waals surface area contributed by atoms with Gasteiger partial charge in [0, 0.05) is 18.8 Å². The molecule has 0 saturated heterocycles. The number of benzene rings is 2. The summed E-state index contributed by atoms with van der Waals surface area (Å²) in [5, 5.41) is 4.79. The summed E-state index contributed by atoms with van der Waals surface area (Å²) in [6.07, 6.45) is 5.47. The highest BCUT2D eigenvalue weighted by atomic mass is 32.2. The van der Waals surface area contributed by atoms with Crippen LogP contribution in [0, 0.1) is 5.92 Å². The van der Waals surface area contributed by atoms with Gasteiger partial charge in [-0.3, -0.25) is 9.44 Å². The van der Waals surface area contributed by atoms with Crippen LogP contribution < -0.4 is 14.8 Å². The molecule has 4 rings (SSSR count). The largest absolute Gasteiger partial charge is 0.310 e. The van der Waals surface area contributed by atoms with Gasteiger partial charge in [-0.15, -0.1) is 11.3 Å². The highest BCUT2D eigenvalue weighted by molar-refractivity contribution is 7.94. The highest BCUT2D eigenvalue weighted by Crippen LogP contribution is 2.28. The molecule has 3 aromatic rings. The minimum absolute atomic E-state index is 0.00867. The third-order valence-electron chi connectivity index (χ3n) is 6.43. The van der Waals surface area contributed by atoms with Gasteiger partial charge in [-0.25, -0.2) is 21.2 Å². The topological polar surface area (TPSA) is 104 Å². The third-order valence-corrected chi connectivity index (χ3v) is 10.6. The summed E-state index contributed by atoms with van der Waals surface area (Å²) in [4.78, 5) is -0.00867. The standard InChI is InChI=1S/C26H32FN3O4S3/c27-22(17-20-7-2-1-3-8-20)19-28-18-21-9-4-5-10-25(21)30-36(31,32)24-14-12-23(13-15-24)29-37(33,34)26-11-6-16-35-26/h4-6,9-16,20,22,28-30H,1-3,7-8,17-19H2. The first-order valence-corrected chi connectivity index (χ1v) is 16.2. The first kappa shape index (κ1) is 27.6. The van der Waals surface area contributed by atoms with E-state index in [4.69, 9.17) is 0 Å². The van der Waals surface area contributed by atoms with Gasteiger partial charge in [0.2, 0.25) is 0 Å². The van der Waals surface area contributed by atoms with E-state index >= 15 is 0 Å². The molecule has 1 unspecified atom stereocenters. The number of hydrogen-bond acceptors (Lipinski definition) is 6. The summed E-state index contributed by atoms with van der Waals surface area (Å²) in [5.41, 5.74) is 1.36. The zero-order valence-corrected chi connectivity index (χ0v) is 22.8. The van der Waals surface area contributed by atoms with Crippen LogP contribution in [0.25, 0.3) is 0 Å². The molecule has 0 spiro atoms. The van der Waals surface area contributed by atoms with Crippen molar-refractivity contribution in [2.75, 3.05) is 16.0 Å². The number of rotatable bonds is 12. The molecule has 37 heavy (non-hydrogen) atoms. The average Bonchev–Trinajstić information content (AvgIpc) is 3.42. The lowest BCUT2D eigenvalue weighted by Crippen LogP contribution is -2.26. The van der Waals surface area contributed by atoms with Crippen LogP contribution in [0.5, 0.6) is 0 Å². The molecule has 0 amide bonds. The summed E-state index contributed by atoms with van der Waals surface area (Å²) in [7, 11) is -7.65. The van der Waals surface area contributed by atoms with E-state index in [0.29, 0.717) is 30.1 Å². The number of sulfonamides is 2. The van der Waals surface area contributed by atoms with E-state index in [2.05, 4.69) is 14.8 Å². The second-order valence-electron chi connectivity index (χ2n) is 9.29. The molecule has 0 radical (unpaired) electrons. The Morgan fingerprint density at radius 1 is 0.865 bits per heavy atom. The second-order valence-corrected chi connectivity index (χ2v) is 13.8. The quantitative estimate of drug-likeness (QED) is 0.260. The highest BCUT2D eigenvalue weighted by Gasteiger charge is 2.20. The van der Waals surface area contributed by atoms with Gasteiger partial charge in [0.15, 0.2) is 0 Å². The molecule has 1 fully saturated rings. The summed E-state index contributed by atoms with van der Waals surface area (Å²) < 4.78 is 70.5. The maximum atomic E-state index is 14.5. The predicted molar refractivity (Wildman–Crippen MR) is 147 cm³/mol. The third kappa shape index (κ3) is 7.76. The first-order valence-electron chi connectivity index (χ1n) is 12.3. The molecule has 1 aliphatic carbocycles. The van der Waals surface area contributed by atoms with E-state index in [1.54, 1.807) is 35.7 Å². The van der Waals surface area contributed by atoms with Crippen LogP contribution in [0.4, 0.5) is 15.8 Å². The summed E-state index contributed by atoms with van der Waals surface area (Å²) >= 11 is 1.09. The van der Waals surface area contributed by atoms with E-state index in [1.165, 1.54) is 49.6 Å². The number of thiophene rings is 1. The molecule has 1 heterocycles. The second kappa shape index (κ2) is 12.4. The van der Waals surface area contributed by atoms with Crippen molar-refractivity contribution in [3.63, 3.8) is 0 Å². The number of hydrogen-bond donors (Lipinski definition) is 3. The van der Waals surface area contributed by atoms with E-state index in [0.717, 1.165) is 24.2 Å². The molecule has 1 aliphatic rings. The zero-order valence-electron chi connectivity index (χ0n) is 20.4. The lowest BCUT2D eigenvalue weighted by atomic mass is 9.86. The van der Waals surface area contributed by atoms with E-state index in [9.17, 15) is 21.2 Å². The van der Waals surface area contributed by atoms with Crippen LogP contribution in [0.1, 0.15) is 44.1 Å². The monoisotopic (exact) mass is 565 g/mol. The maximum absolute atomic E-state index is 14.5. The molecule has 11 heteroatoms. The average molecular weight is 566 g/mol. The van der Waals surface area contributed by atoms with Crippen molar-refractivity contribution in [2.45, 2.75) is 60.3 Å². The Labute approximate surface area is 222 Å². The van der Waals surface area contributed by atoms with Gasteiger partial charge in [-0.05, 0) is 59.7 Å². The Bertz CT molecular complexity index is 1360. The lowest BCUT2D eigenvalue weighted by molar-refractivity contribution is 0.225. The van der Waals surface area contributed by atoms with Gasteiger partial charge >= 0.3 is 0 Å². The molecule has 1 atom stereocenters. The van der Waals surface area contributed by atoms with Crippen molar-refractivity contribution in [2.24, 2.45) is 5.92 Å². The van der Waals surface area contributed by atoms with Crippen LogP contribution in [-0.4, -0.2) is 29.6 Å². The van der Waals surface area contributed by atoms with Gasteiger partial charge in [-0.2, -0.15) is 0 Å². The molecule has 1 saturated carbocycles. The molecule has 200 valence electrons. The Morgan fingerprint density at radius 2 is 1.59 bits per heavy atom. The molecule has 0 aliphatic heterocycles. The fraction of sp³-hybridized carbons (Fsp3) is 0.385. The van der Waals surface area contributed by atoms with Gasteiger partial charge in [0.25, 0.3) is 20.0 Å². The van der Waals surface area contributed by atoms with Crippen molar-refractivity contribution < 1.29 is 21.2 Å². The minimum Gasteiger partial charge on any atom is -0.310 e. The Balaban J connectivity index is 1.35. The molecule has 1 aromatic heterocycles. The molecule has 7 nitrogen and oxygen atoms in total. The maximum Gasteiger partial charge on any atom is 0.271 e. The van der Waals surface area contributed by atoms with E-state index in [-0.39, 0.29) is 21.3 Å². The van der Waals surface area contributed by atoms with Crippen molar-refractivity contribution >= 4 is 42.8 Å². The molecule has 2 aromatic carbocycles. The van der Waals surface area contributed by atoms with Crippen molar-refractivity contribution in [1.82, 2.24) is 5.32 Å². The molecular weight excluding hydrogens is 534 g/mol. The van der Waals surface area contributed by atoms with Crippen LogP contribution in [0.2, 0.25) is 0 Å². The van der Waals surface area contributed by atoms with Gasteiger partial charge in [0.1, 0.15) is 10.4 Å². The van der Waals surface area contributed by atoms with Crippen LogP contribution in [0.3, 0.4) is 0 Å². The summed E-state index contributed by atoms with van der Waals surface area (Å²) in [6.45, 7) is 0.549. The summed E-state index contributed by atoms with van der Waals surface area (Å²) in [6, 6.07) is 15.6. The number of nitrogens with one attached hydrogen (secondary N) is 3. The predicted octanol–water partition coefficient (Wildman–Crippen LogP) is 5.75. The number of alkyl halides is 1. The normalized spacial score (nSPS) is 15.8. The fourth-order valence-corrected chi connectivity index (χ4v) is 7.69. The molecule has 3 N–H and O–H groups in total. The van der Waals surface area contributed by atoms with Crippen molar-refractivity contribution in [3.05, 3.63) is 71.6 Å². The van der Waals surface area contributed by atoms with Crippen LogP contribution in [0.15, 0.2) is 75.1 Å². The van der Waals surface area contributed by atoms with Gasteiger partial charge < -0.3 is 5.32 Å². The van der Waals surface area contributed by atoms with Crippen LogP contribution in [-0.2, 0) is 26.6 Å². The van der Waals surface area contributed by atoms with Gasteiger partial charge in [0.05, 0.1) is 10.6 Å². The SMILES string of the molecule is O=S(=O)(Nc1ccccc1CNCC(F)CC1CCCCC1)c1ccc(NS(=O)(=O)c2cccs2)cc1. The summed E-state index contributed by atoms with van der Waals surface area (Å²) in [5.74, 6) is 0.460. The molecule has 0 bridgehead atoms. The first-order chi connectivity index (χ1) is 17.7. The van der Waals surface area contributed by atoms with Crippen LogP contribution >= 0.6 is 11.3 Å². The molecular formula is C26H32FN3O4S3. The zero-order chi connectivity index (χ0) is 26.3. The van der Waals surface area contributed by atoms with Gasteiger partial charge in [-0.1, -0.05) is 56.4 Å². The Morgan fingerprint density at radius 3 is 2.30 bits per heavy atom. The lowest BCUT2D eigenvalue weighted by Gasteiger charge is -2.23. The Kier molecular flexibility index (Phi) is 9.22. The number of halogens is 1. The Hall–Kier alpha value is -2.47. The van der Waals surface area contributed by atoms with Crippen molar-refractivity contribution in [1.29, 1.82) is 0 Å². The minimum atomic E-state index is -3.93. The van der Waals surface area contributed by atoms with E-state index < -0.39 is 26.2 Å². The number of para-hydroxylation sites is 1. The fourth-order valence-electron chi connectivity index (χ4n) is 4.53. The van der Waals surface area contributed by atoms with Crippen molar-refractivity contribution in [3.8, 4) is 0 Å².